The molecule has 2 aromatic rings. The molecule has 0 bridgehead atoms. The van der Waals surface area contributed by atoms with Gasteiger partial charge in [-0.05, 0) is 44.4 Å². The monoisotopic (exact) mass is 276 g/mol. The molecular formula is C15H20N2OS. The van der Waals surface area contributed by atoms with Crippen LogP contribution < -0.4 is 5.73 Å². The van der Waals surface area contributed by atoms with Crippen LogP contribution in [0.15, 0.2) is 28.0 Å². The van der Waals surface area contributed by atoms with Gasteiger partial charge in [0.1, 0.15) is 6.26 Å². The molecule has 0 aliphatic rings. The Kier molecular flexibility index (Phi) is 4.32. The Labute approximate surface area is 118 Å². The van der Waals surface area contributed by atoms with E-state index in [9.17, 15) is 0 Å². The number of oxazole rings is 1. The molecule has 0 spiro atoms. The summed E-state index contributed by atoms with van der Waals surface area (Å²) in [5, 5.41) is 0.690. The van der Waals surface area contributed by atoms with Crippen molar-refractivity contribution < 1.29 is 4.42 Å². The number of benzene rings is 1. The number of nitrogens with two attached hydrogens (primary N) is 1. The van der Waals surface area contributed by atoms with Crippen molar-refractivity contribution in [1.29, 1.82) is 0 Å². The molecule has 1 aromatic carbocycles. The number of aryl methyl sites for hydroxylation is 4. The van der Waals surface area contributed by atoms with Crippen molar-refractivity contribution in [2.75, 3.05) is 5.75 Å². The molecule has 1 aromatic heterocycles. The van der Waals surface area contributed by atoms with Gasteiger partial charge in [-0.1, -0.05) is 29.5 Å². The Morgan fingerprint density at radius 1 is 1.21 bits per heavy atom. The predicted octanol–water partition coefficient (Wildman–Crippen LogP) is 3.70. The molecule has 0 radical (unpaired) electrons. The Hall–Kier alpha value is -1.26. The zero-order valence-electron chi connectivity index (χ0n) is 11.9. The van der Waals surface area contributed by atoms with Gasteiger partial charge in [-0.15, -0.1) is 0 Å². The quantitative estimate of drug-likeness (QED) is 0.865. The molecule has 0 amide bonds. The molecule has 2 N–H and O–H groups in total. The Balaban J connectivity index is 2.10. The zero-order valence-corrected chi connectivity index (χ0v) is 12.7. The van der Waals surface area contributed by atoms with Crippen LogP contribution in [0, 0.1) is 27.7 Å². The lowest BCUT2D eigenvalue weighted by Crippen LogP contribution is -2.16. The fourth-order valence-corrected chi connectivity index (χ4v) is 3.23. The summed E-state index contributed by atoms with van der Waals surface area (Å²) in [7, 11) is 0. The van der Waals surface area contributed by atoms with E-state index in [1.54, 1.807) is 18.0 Å². The summed E-state index contributed by atoms with van der Waals surface area (Å²) in [6.07, 6.45) is 1.66. The Morgan fingerprint density at radius 3 is 2.37 bits per heavy atom. The molecule has 1 heterocycles. The highest BCUT2D eigenvalue weighted by Gasteiger charge is 2.14. The van der Waals surface area contributed by atoms with Crippen LogP contribution in [0.1, 0.15) is 34.0 Å². The van der Waals surface area contributed by atoms with Gasteiger partial charge in [-0.2, -0.15) is 0 Å². The summed E-state index contributed by atoms with van der Waals surface area (Å²) in [5.74, 6) is 0.769. The van der Waals surface area contributed by atoms with Gasteiger partial charge in [-0.3, -0.25) is 0 Å². The van der Waals surface area contributed by atoms with Crippen LogP contribution in [0.2, 0.25) is 0 Å². The highest BCUT2D eigenvalue weighted by atomic mass is 32.2. The molecule has 0 saturated carbocycles. The lowest BCUT2D eigenvalue weighted by molar-refractivity contribution is 0.453. The number of thioether (sulfide) groups is 1. The maximum Gasteiger partial charge on any atom is 0.255 e. The minimum atomic E-state index is -0.00203. The highest BCUT2D eigenvalue weighted by molar-refractivity contribution is 7.99. The molecular weight excluding hydrogens is 256 g/mol. The van der Waals surface area contributed by atoms with E-state index in [2.05, 4.69) is 37.9 Å². The van der Waals surface area contributed by atoms with E-state index >= 15 is 0 Å². The second-order valence-corrected chi connectivity index (χ2v) is 5.96. The molecule has 0 saturated heterocycles. The number of hydrogen-bond acceptors (Lipinski definition) is 4. The average Bonchev–Trinajstić information content (AvgIpc) is 2.71. The van der Waals surface area contributed by atoms with Crippen LogP contribution in [0.25, 0.3) is 0 Å². The number of nitrogens with zero attached hydrogens (tertiary/aromatic N) is 1. The molecule has 1 unspecified atom stereocenters. The predicted molar refractivity (Wildman–Crippen MR) is 79.5 cm³/mol. The van der Waals surface area contributed by atoms with Crippen LogP contribution in [-0.4, -0.2) is 10.7 Å². The van der Waals surface area contributed by atoms with E-state index in [4.69, 9.17) is 10.2 Å². The van der Waals surface area contributed by atoms with Gasteiger partial charge in [0.15, 0.2) is 0 Å². The van der Waals surface area contributed by atoms with Crippen molar-refractivity contribution in [3.8, 4) is 0 Å². The fourth-order valence-electron chi connectivity index (χ4n) is 2.42. The minimum Gasteiger partial charge on any atom is -0.440 e. The SMILES string of the molecule is Cc1cc(C)c(C(N)CSc2nc(C)co2)c(C)c1. The molecule has 102 valence electrons. The van der Waals surface area contributed by atoms with E-state index in [0.717, 1.165) is 11.4 Å². The van der Waals surface area contributed by atoms with Gasteiger partial charge in [0.25, 0.3) is 5.22 Å². The summed E-state index contributed by atoms with van der Waals surface area (Å²) in [6.45, 7) is 8.27. The van der Waals surface area contributed by atoms with Crippen molar-refractivity contribution in [2.24, 2.45) is 5.73 Å². The van der Waals surface area contributed by atoms with E-state index in [1.165, 1.54) is 22.3 Å². The molecule has 3 nitrogen and oxygen atoms in total. The molecule has 0 fully saturated rings. The van der Waals surface area contributed by atoms with Crippen LogP contribution in [-0.2, 0) is 0 Å². The summed E-state index contributed by atoms with van der Waals surface area (Å²) in [5.41, 5.74) is 12.2. The van der Waals surface area contributed by atoms with E-state index in [0.29, 0.717) is 5.22 Å². The molecule has 4 heteroatoms. The summed E-state index contributed by atoms with van der Waals surface area (Å²) < 4.78 is 5.33. The Bertz CT molecular complexity index is 554. The second kappa shape index (κ2) is 5.80. The van der Waals surface area contributed by atoms with Crippen molar-refractivity contribution in [1.82, 2.24) is 4.98 Å². The van der Waals surface area contributed by atoms with Crippen molar-refractivity contribution in [3.63, 3.8) is 0 Å². The van der Waals surface area contributed by atoms with Crippen LogP contribution in [0.3, 0.4) is 0 Å². The Morgan fingerprint density at radius 2 is 1.84 bits per heavy atom. The van der Waals surface area contributed by atoms with Gasteiger partial charge in [0.2, 0.25) is 0 Å². The minimum absolute atomic E-state index is 0.00203. The zero-order chi connectivity index (χ0) is 14.0. The molecule has 1 atom stereocenters. The third-order valence-corrected chi connectivity index (χ3v) is 4.05. The second-order valence-electron chi connectivity index (χ2n) is 4.98. The third-order valence-electron chi connectivity index (χ3n) is 3.09. The number of aromatic nitrogens is 1. The topological polar surface area (TPSA) is 52.0 Å². The van der Waals surface area contributed by atoms with Crippen molar-refractivity contribution >= 4 is 11.8 Å². The summed E-state index contributed by atoms with van der Waals surface area (Å²) in [4.78, 5) is 4.28. The maximum atomic E-state index is 6.31. The summed E-state index contributed by atoms with van der Waals surface area (Å²) >= 11 is 1.56. The average molecular weight is 276 g/mol. The van der Waals surface area contributed by atoms with Crippen molar-refractivity contribution in [2.45, 2.75) is 39.0 Å². The highest BCUT2D eigenvalue weighted by Crippen LogP contribution is 2.27. The number of hydrogen-bond donors (Lipinski definition) is 1. The lowest BCUT2D eigenvalue weighted by Gasteiger charge is -2.17. The fraction of sp³-hybridized carbons (Fsp3) is 0.400. The van der Waals surface area contributed by atoms with Gasteiger partial charge in [0.05, 0.1) is 5.69 Å². The van der Waals surface area contributed by atoms with Gasteiger partial charge in [0, 0.05) is 11.8 Å². The van der Waals surface area contributed by atoms with E-state index in [-0.39, 0.29) is 6.04 Å². The first kappa shape index (κ1) is 14.2. The maximum absolute atomic E-state index is 6.31. The van der Waals surface area contributed by atoms with Crippen LogP contribution >= 0.6 is 11.8 Å². The first-order chi connectivity index (χ1) is 8.97. The van der Waals surface area contributed by atoms with Gasteiger partial charge in [-0.25, -0.2) is 4.98 Å². The lowest BCUT2D eigenvalue weighted by atomic mass is 9.95. The van der Waals surface area contributed by atoms with Gasteiger partial charge < -0.3 is 10.2 Å². The normalized spacial score (nSPS) is 12.7. The third kappa shape index (κ3) is 3.39. The molecule has 0 aliphatic heterocycles. The van der Waals surface area contributed by atoms with Crippen LogP contribution in [0.5, 0.6) is 0 Å². The standard InChI is InChI=1S/C15H20N2OS/c1-9-5-10(2)14(11(3)6-9)13(16)8-19-15-17-12(4)7-18-15/h5-7,13H,8,16H2,1-4H3. The van der Waals surface area contributed by atoms with E-state index < -0.39 is 0 Å². The van der Waals surface area contributed by atoms with E-state index in [1.807, 2.05) is 6.92 Å². The van der Waals surface area contributed by atoms with Crippen LogP contribution in [0.4, 0.5) is 0 Å². The largest absolute Gasteiger partial charge is 0.440 e. The first-order valence-corrected chi connectivity index (χ1v) is 7.34. The smallest absolute Gasteiger partial charge is 0.255 e. The van der Waals surface area contributed by atoms with Gasteiger partial charge >= 0.3 is 0 Å². The number of rotatable bonds is 4. The van der Waals surface area contributed by atoms with Crippen molar-refractivity contribution in [3.05, 3.63) is 46.3 Å². The molecule has 19 heavy (non-hydrogen) atoms. The summed E-state index contributed by atoms with van der Waals surface area (Å²) in [6, 6.07) is 4.36. The molecule has 2 rings (SSSR count). The first-order valence-electron chi connectivity index (χ1n) is 6.35. The molecule has 0 aliphatic carbocycles.